The highest BCUT2D eigenvalue weighted by molar-refractivity contribution is 6.31. The Kier molecular flexibility index (Phi) is 5.02. The monoisotopic (exact) mass is 383 g/mol. The summed E-state index contributed by atoms with van der Waals surface area (Å²) in [6.45, 7) is 2.28. The second kappa shape index (κ2) is 7.75. The van der Waals surface area contributed by atoms with E-state index in [0.29, 0.717) is 10.8 Å². The fourth-order valence-electron chi connectivity index (χ4n) is 3.00. The van der Waals surface area contributed by atoms with Gasteiger partial charge in [-0.3, -0.25) is 4.79 Å². The third-order valence-electron chi connectivity index (χ3n) is 4.45. The Morgan fingerprint density at radius 1 is 1.22 bits per heavy atom. The number of pyridine rings is 1. The number of nitrogens with one attached hydrogen (secondary N) is 1. The lowest BCUT2D eigenvalue weighted by Crippen LogP contribution is -2.23. The molecule has 1 saturated heterocycles. The number of carbonyl (C=O) groups is 1. The summed E-state index contributed by atoms with van der Waals surface area (Å²) in [7, 11) is 0. The van der Waals surface area contributed by atoms with Crippen molar-refractivity contribution in [2.75, 3.05) is 18.0 Å². The number of rotatable bonds is 5. The summed E-state index contributed by atoms with van der Waals surface area (Å²) in [5, 5.41) is 7.26. The number of amides is 1. The summed E-state index contributed by atoms with van der Waals surface area (Å²) in [4.78, 5) is 23.1. The Labute approximate surface area is 161 Å². The van der Waals surface area contributed by atoms with Crippen molar-refractivity contribution in [1.82, 2.24) is 20.4 Å². The first-order chi connectivity index (χ1) is 13.2. The number of aromatic nitrogens is 3. The van der Waals surface area contributed by atoms with Crippen molar-refractivity contribution in [3.05, 3.63) is 59.1 Å². The lowest BCUT2D eigenvalue weighted by Gasteiger charge is -2.16. The summed E-state index contributed by atoms with van der Waals surface area (Å²) in [6.07, 6.45) is 4.06. The number of nitrogens with zero attached hydrogens (tertiary/aromatic N) is 4. The summed E-state index contributed by atoms with van der Waals surface area (Å²) in [6, 6.07) is 11.0. The van der Waals surface area contributed by atoms with Crippen molar-refractivity contribution in [2.24, 2.45) is 0 Å². The first kappa shape index (κ1) is 17.5. The van der Waals surface area contributed by atoms with Crippen molar-refractivity contribution in [2.45, 2.75) is 19.4 Å². The molecule has 0 radical (unpaired) electrons. The normalized spacial score (nSPS) is 13.7. The van der Waals surface area contributed by atoms with Gasteiger partial charge in [0.1, 0.15) is 5.82 Å². The van der Waals surface area contributed by atoms with Gasteiger partial charge in [0, 0.05) is 36.4 Å². The molecule has 7 nitrogen and oxygen atoms in total. The van der Waals surface area contributed by atoms with Crippen molar-refractivity contribution in [1.29, 1.82) is 0 Å². The molecular weight excluding hydrogens is 366 g/mol. The highest BCUT2D eigenvalue weighted by Crippen LogP contribution is 2.23. The standard InChI is InChI=1S/C19H18ClN5O2/c20-15-6-2-1-5-14(15)12-22-18(26)19-23-17(24-27-19)13-7-8-21-16(11-13)25-9-3-4-10-25/h1-2,5-8,11H,3-4,9-10,12H2,(H,22,26). The van der Waals surface area contributed by atoms with E-state index < -0.39 is 5.91 Å². The van der Waals surface area contributed by atoms with E-state index in [-0.39, 0.29) is 12.4 Å². The molecule has 1 fully saturated rings. The molecule has 4 rings (SSSR count). The van der Waals surface area contributed by atoms with Gasteiger partial charge in [0.05, 0.1) is 0 Å². The maximum atomic E-state index is 12.3. The van der Waals surface area contributed by atoms with E-state index in [0.717, 1.165) is 30.0 Å². The van der Waals surface area contributed by atoms with Crippen LogP contribution in [0.25, 0.3) is 11.4 Å². The molecule has 0 spiro atoms. The fourth-order valence-corrected chi connectivity index (χ4v) is 3.21. The third-order valence-corrected chi connectivity index (χ3v) is 4.82. The zero-order valence-electron chi connectivity index (χ0n) is 14.6. The van der Waals surface area contributed by atoms with Crippen molar-refractivity contribution in [3.8, 4) is 11.4 Å². The Morgan fingerprint density at radius 3 is 2.85 bits per heavy atom. The lowest BCUT2D eigenvalue weighted by atomic mass is 10.2. The van der Waals surface area contributed by atoms with Gasteiger partial charge in [-0.05, 0) is 36.6 Å². The van der Waals surface area contributed by atoms with Gasteiger partial charge in [0.2, 0.25) is 5.82 Å². The molecule has 0 aliphatic carbocycles. The Bertz CT molecular complexity index is 953. The van der Waals surface area contributed by atoms with Crippen molar-refractivity contribution < 1.29 is 9.32 Å². The van der Waals surface area contributed by atoms with Gasteiger partial charge in [-0.2, -0.15) is 4.98 Å². The van der Waals surface area contributed by atoms with Crippen LogP contribution < -0.4 is 10.2 Å². The highest BCUT2D eigenvalue weighted by atomic mass is 35.5. The number of benzene rings is 1. The molecule has 0 unspecified atom stereocenters. The van der Waals surface area contributed by atoms with Gasteiger partial charge in [-0.25, -0.2) is 4.98 Å². The van der Waals surface area contributed by atoms with Crippen LogP contribution in [-0.4, -0.2) is 34.1 Å². The first-order valence-electron chi connectivity index (χ1n) is 8.77. The average molecular weight is 384 g/mol. The van der Waals surface area contributed by atoms with Gasteiger partial charge in [-0.15, -0.1) is 0 Å². The Hall–Kier alpha value is -2.93. The Morgan fingerprint density at radius 2 is 2.04 bits per heavy atom. The number of hydrogen-bond acceptors (Lipinski definition) is 6. The van der Waals surface area contributed by atoms with Crippen molar-refractivity contribution in [3.63, 3.8) is 0 Å². The highest BCUT2D eigenvalue weighted by Gasteiger charge is 2.18. The van der Waals surface area contributed by atoms with Gasteiger partial charge in [0.15, 0.2) is 0 Å². The minimum atomic E-state index is -0.442. The minimum Gasteiger partial charge on any atom is -0.357 e. The van der Waals surface area contributed by atoms with Crippen LogP contribution in [0.2, 0.25) is 5.02 Å². The molecule has 138 valence electrons. The van der Waals surface area contributed by atoms with Crippen LogP contribution in [-0.2, 0) is 6.54 Å². The summed E-state index contributed by atoms with van der Waals surface area (Å²) in [5.41, 5.74) is 1.58. The Balaban J connectivity index is 1.46. The van der Waals surface area contributed by atoms with Crippen LogP contribution in [0.1, 0.15) is 29.1 Å². The molecule has 0 bridgehead atoms. The van der Waals surface area contributed by atoms with Gasteiger partial charge in [0.25, 0.3) is 0 Å². The largest absolute Gasteiger partial charge is 0.357 e. The molecule has 1 aliphatic heterocycles. The molecule has 8 heteroatoms. The second-order valence-corrected chi connectivity index (χ2v) is 6.70. The second-order valence-electron chi connectivity index (χ2n) is 6.29. The first-order valence-corrected chi connectivity index (χ1v) is 9.15. The quantitative estimate of drug-likeness (QED) is 0.727. The molecule has 1 N–H and O–H groups in total. The van der Waals surface area contributed by atoms with Crippen molar-refractivity contribution >= 4 is 23.3 Å². The fraction of sp³-hybridized carbons (Fsp3) is 0.263. The van der Waals surface area contributed by atoms with Crippen LogP contribution >= 0.6 is 11.6 Å². The summed E-state index contributed by atoms with van der Waals surface area (Å²) in [5.74, 6) is 0.722. The molecule has 1 aliphatic rings. The van der Waals surface area contributed by atoms with Crippen LogP contribution in [0.5, 0.6) is 0 Å². The zero-order chi connectivity index (χ0) is 18.6. The van der Waals surface area contributed by atoms with Crippen LogP contribution in [0.3, 0.4) is 0 Å². The van der Waals surface area contributed by atoms with E-state index in [1.165, 1.54) is 12.8 Å². The van der Waals surface area contributed by atoms with E-state index in [1.54, 1.807) is 18.3 Å². The van der Waals surface area contributed by atoms with E-state index in [4.69, 9.17) is 16.1 Å². The average Bonchev–Trinajstić information content (AvgIpc) is 3.39. The van der Waals surface area contributed by atoms with Crippen LogP contribution in [0, 0.1) is 0 Å². The predicted molar refractivity (Wildman–Crippen MR) is 102 cm³/mol. The molecule has 3 heterocycles. The number of anilines is 1. The maximum Gasteiger partial charge on any atom is 0.316 e. The number of halogens is 1. The van der Waals surface area contributed by atoms with E-state index in [1.807, 2.05) is 24.3 Å². The molecular formula is C19H18ClN5O2. The third kappa shape index (κ3) is 3.93. The van der Waals surface area contributed by atoms with E-state index in [9.17, 15) is 4.79 Å². The molecule has 27 heavy (non-hydrogen) atoms. The van der Waals surface area contributed by atoms with E-state index in [2.05, 4.69) is 25.3 Å². The molecule has 0 atom stereocenters. The molecule has 0 saturated carbocycles. The van der Waals surface area contributed by atoms with Crippen LogP contribution in [0.15, 0.2) is 47.1 Å². The van der Waals surface area contributed by atoms with Gasteiger partial charge in [-0.1, -0.05) is 35.0 Å². The zero-order valence-corrected chi connectivity index (χ0v) is 15.3. The molecule has 1 aromatic carbocycles. The molecule has 2 aromatic heterocycles. The molecule has 3 aromatic rings. The molecule has 1 amide bonds. The summed E-state index contributed by atoms with van der Waals surface area (Å²) < 4.78 is 5.12. The summed E-state index contributed by atoms with van der Waals surface area (Å²) >= 11 is 6.09. The minimum absolute atomic E-state index is 0.0865. The SMILES string of the molecule is O=C(NCc1ccccc1Cl)c1nc(-c2ccnc(N3CCCC3)c2)no1. The number of carbonyl (C=O) groups excluding carboxylic acids is 1. The van der Waals surface area contributed by atoms with Gasteiger partial charge < -0.3 is 14.7 Å². The lowest BCUT2D eigenvalue weighted by molar-refractivity contribution is 0.0907. The van der Waals surface area contributed by atoms with E-state index >= 15 is 0 Å². The maximum absolute atomic E-state index is 12.3. The smallest absolute Gasteiger partial charge is 0.316 e. The topological polar surface area (TPSA) is 84.2 Å². The predicted octanol–water partition coefficient (Wildman–Crippen LogP) is 3.32. The van der Waals surface area contributed by atoms with Crippen LogP contribution in [0.4, 0.5) is 5.82 Å². The number of hydrogen-bond donors (Lipinski definition) is 1. The van der Waals surface area contributed by atoms with Gasteiger partial charge >= 0.3 is 11.8 Å².